The lowest BCUT2D eigenvalue weighted by Gasteiger charge is -2.16. The Labute approximate surface area is 162 Å². The van der Waals surface area contributed by atoms with Crippen LogP contribution in [0.3, 0.4) is 0 Å². The van der Waals surface area contributed by atoms with Gasteiger partial charge >= 0.3 is 15.6 Å². The Kier molecular flexibility index (Phi) is 4.12. The quantitative estimate of drug-likeness (QED) is 0.364. The minimum absolute atomic E-state index is 0.0701. The van der Waals surface area contributed by atoms with Gasteiger partial charge in [0.2, 0.25) is 0 Å². The Morgan fingerprint density at radius 2 is 1.45 bits per heavy atom. The monoisotopic (exact) mass is 421 g/mol. The van der Waals surface area contributed by atoms with Crippen LogP contribution in [-0.4, -0.2) is 25.7 Å². The van der Waals surface area contributed by atoms with Crippen LogP contribution in [0.15, 0.2) is 60.7 Å². The van der Waals surface area contributed by atoms with Gasteiger partial charge in [0.15, 0.2) is 5.75 Å². The van der Waals surface area contributed by atoms with Crippen molar-refractivity contribution in [3.8, 4) is 5.75 Å². The fraction of sp³-hybridized carbons (Fsp3) is 0.0526. The normalized spacial score (nSPS) is 14.4. The summed E-state index contributed by atoms with van der Waals surface area (Å²) in [7, 11) is -5.84. The van der Waals surface area contributed by atoms with E-state index in [9.17, 15) is 31.2 Å². The summed E-state index contributed by atoms with van der Waals surface area (Å²) in [5.41, 5.74) is -4.90. The number of hydrogen-bond donors (Lipinski definition) is 0. The second-order valence-corrected chi connectivity index (χ2v) is 7.67. The minimum Gasteiger partial charge on any atom is -0.375 e. The zero-order valence-corrected chi connectivity index (χ0v) is 15.1. The molecule has 10 heteroatoms. The first kappa shape index (κ1) is 18.9. The number of carbonyl (C=O) groups excluding carboxylic acids is 2. The molecule has 0 N–H and O–H groups in total. The molecular weight excluding hydrogens is 411 g/mol. The number of anilines is 1. The first-order valence-electron chi connectivity index (χ1n) is 8.11. The number of alkyl halides is 3. The number of fused-ring (bicyclic) bond motifs is 2. The van der Waals surface area contributed by atoms with Crippen LogP contribution in [0.25, 0.3) is 10.8 Å². The van der Waals surface area contributed by atoms with Gasteiger partial charge in [0.25, 0.3) is 11.8 Å². The molecule has 1 heterocycles. The second-order valence-electron chi connectivity index (χ2n) is 6.14. The van der Waals surface area contributed by atoms with Crippen LogP contribution in [0.5, 0.6) is 5.75 Å². The summed E-state index contributed by atoms with van der Waals surface area (Å²) < 4.78 is 64.7. The van der Waals surface area contributed by atoms with Crippen LogP contribution < -0.4 is 9.08 Å². The fourth-order valence-corrected chi connectivity index (χ4v) is 3.52. The van der Waals surface area contributed by atoms with E-state index in [1.54, 1.807) is 12.1 Å². The third-order valence-corrected chi connectivity index (χ3v) is 5.33. The van der Waals surface area contributed by atoms with E-state index in [1.165, 1.54) is 42.5 Å². The lowest BCUT2D eigenvalue weighted by atomic mass is 10.1. The number of rotatable bonds is 3. The third kappa shape index (κ3) is 3.01. The van der Waals surface area contributed by atoms with Gasteiger partial charge in [-0.25, -0.2) is 4.90 Å². The molecule has 0 bridgehead atoms. The van der Waals surface area contributed by atoms with Crippen LogP contribution in [0.4, 0.5) is 18.9 Å². The van der Waals surface area contributed by atoms with E-state index in [4.69, 9.17) is 0 Å². The van der Waals surface area contributed by atoms with Crippen LogP contribution in [0.2, 0.25) is 0 Å². The predicted molar refractivity (Wildman–Crippen MR) is 97.1 cm³/mol. The second kappa shape index (κ2) is 6.31. The highest BCUT2D eigenvalue weighted by molar-refractivity contribution is 7.88. The van der Waals surface area contributed by atoms with E-state index in [2.05, 4.69) is 4.18 Å². The molecule has 148 valence electrons. The van der Waals surface area contributed by atoms with E-state index >= 15 is 0 Å². The standard InChI is InChI=1S/C19H10F3NO5S/c20-19(21,22)29(26,27)28-16-7-3-4-11-10-12(8-9-13(11)16)23-17(24)14-5-1-2-6-15(14)18(23)25/h1-10H. The molecule has 3 aromatic rings. The summed E-state index contributed by atoms with van der Waals surface area (Å²) in [4.78, 5) is 26.1. The zero-order valence-electron chi connectivity index (χ0n) is 14.3. The van der Waals surface area contributed by atoms with Crippen LogP contribution in [0, 0.1) is 0 Å². The lowest BCUT2D eigenvalue weighted by Crippen LogP contribution is -2.29. The van der Waals surface area contributed by atoms with E-state index in [-0.39, 0.29) is 27.6 Å². The van der Waals surface area contributed by atoms with Crippen molar-refractivity contribution < 1.29 is 35.4 Å². The predicted octanol–water partition coefficient (Wildman–Crippen LogP) is 3.87. The van der Waals surface area contributed by atoms with Gasteiger partial charge in [-0.15, -0.1) is 0 Å². The van der Waals surface area contributed by atoms with Crippen molar-refractivity contribution in [1.29, 1.82) is 0 Å². The van der Waals surface area contributed by atoms with Gasteiger partial charge in [-0.3, -0.25) is 9.59 Å². The smallest absolute Gasteiger partial charge is 0.375 e. The summed E-state index contributed by atoms with van der Waals surface area (Å²) in [5.74, 6) is -1.58. The number of carbonyl (C=O) groups is 2. The molecule has 0 spiro atoms. The Balaban J connectivity index is 1.76. The molecule has 0 atom stereocenters. The fourth-order valence-electron chi connectivity index (χ4n) is 3.04. The van der Waals surface area contributed by atoms with Crippen LogP contribution in [-0.2, 0) is 10.1 Å². The summed E-state index contributed by atoms with van der Waals surface area (Å²) in [6.45, 7) is 0. The summed E-state index contributed by atoms with van der Waals surface area (Å²) >= 11 is 0. The Morgan fingerprint density at radius 3 is 2.03 bits per heavy atom. The van der Waals surface area contributed by atoms with Gasteiger partial charge in [-0.05, 0) is 41.8 Å². The van der Waals surface area contributed by atoms with Crippen molar-refractivity contribution in [2.75, 3.05) is 4.90 Å². The van der Waals surface area contributed by atoms with Crippen molar-refractivity contribution in [2.24, 2.45) is 0 Å². The largest absolute Gasteiger partial charge is 0.534 e. The molecule has 29 heavy (non-hydrogen) atoms. The average Bonchev–Trinajstić information content (AvgIpc) is 2.91. The van der Waals surface area contributed by atoms with Gasteiger partial charge in [-0.1, -0.05) is 24.3 Å². The summed E-state index contributed by atoms with van der Waals surface area (Å²) in [5, 5.41) is 0.356. The maximum Gasteiger partial charge on any atom is 0.534 e. The molecule has 0 unspecified atom stereocenters. The highest BCUT2D eigenvalue weighted by atomic mass is 32.2. The van der Waals surface area contributed by atoms with Gasteiger partial charge in [0.05, 0.1) is 16.8 Å². The number of amides is 2. The molecule has 1 aliphatic rings. The summed E-state index contributed by atoms with van der Waals surface area (Å²) in [6.07, 6.45) is 0. The van der Waals surface area contributed by atoms with Crippen molar-refractivity contribution in [2.45, 2.75) is 5.51 Å². The number of imide groups is 1. The van der Waals surface area contributed by atoms with Crippen molar-refractivity contribution in [1.82, 2.24) is 0 Å². The van der Waals surface area contributed by atoms with Crippen LogP contribution in [0.1, 0.15) is 20.7 Å². The molecular formula is C19H10F3NO5S. The molecule has 6 nitrogen and oxygen atoms in total. The Morgan fingerprint density at radius 1 is 0.828 bits per heavy atom. The molecule has 0 aromatic heterocycles. The Hall–Kier alpha value is -3.40. The lowest BCUT2D eigenvalue weighted by molar-refractivity contribution is -0.0499. The molecule has 3 aromatic carbocycles. The topological polar surface area (TPSA) is 80.8 Å². The molecule has 2 amide bonds. The highest BCUT2D eigenvalue weighted by Gasteiger charge is 2.48. The molecule has 0 aliphatic carbocycles. The van der Waals surface area contributed by atoms with E-state index < -0.39 is 33.2 Å². The number of benzene rings is 3. The van der Waals surface area contributed by atoms with E-state index in [0.29, 0.717) is 0 Å². The zero-order chi connectivity index (χ0) is 21.0. The molecule has 0 saturated heterocycles. The third-order valence-electron chi connectivity index (χ3n) is 4.36. The average molecular weight is 421 g/mol. The van der Waals surface area contributed by atoms with Gasteiger partial charge in [0, 0.05) is 5.39 Å². The first-order chi connectivity index (χ1) is 13.6. The van der Waals surface area contributed by atoms with Crippen LogP contribution >= 0.6 is 0 Å². The van der Waals surface area contributed by atoms with Gasteiger partial charge in [0.1, 0.15) is 0 Å². The number of hydrogen-bond acceptors (Lipinski definition) is 5. The number of nitrogens with zero attached hydrogens (tertiary/aromatic N) is 1. The Bertz CT molecular complexity index is 1250. The molecule has 1 aliphatic heterocycles. The maximum atomic E-state index is 12.6. The van der Waals surface area contributed by atoms with Gasteiger partial charge in [-0.2, -0.15) is 21.6 Å². The van der Waals surface area contributed by atoms with Crippen molar-refractivity contribution >= 4 is 38.4 Å². The minimum atomic E-state index is -5.84. The van der Waals surface area contributed by atoms with E-state index in [0.717, 1.165) is 11.0 Å². The molecule has 0 fully saturated rings. The SMILES string of the molecule is O=C1c2ccccc2C(=O)N1c1ccc2c(OS(=O)(=O)C(F)(F)F)cccc2c1. The first-order valence-corrected chi connectivity index (χ1v) is 9.52. The van der Waals surface area contributed by atoms with Crippen molar-refractivity contribution in [3.05, 3.63) is 71.8 Å². The molecule has 0 saturated carbocycles. The molecule has 0 radical (unpaired) electrons. The number of halogens is 3. The van der Waals surface area contributed by atoms with Crippen molar-refractivity contribution in [3.63, 3.8) is 0 Å². The maximum absolute atomic E-state index is 12.6. The summed E-state index contributed by atoms with van der Waals surface area (Å²) in [6, 6.07) is 14.2. The highest BCUT2D eigenvalue weighted by Crippen LogP contribution is 2.35. The molecule has 4 rings (SSSR count). The van der Waals surface area contributed by atoms with Gasteiger partial charge < -0.3 is 4.18 Å². The van der Waals surface area contributed by atoms with E-state index in [1.807, 2.05) is 0 Å².